The topological polar surface area (TPSA) is 64.1 Å². The van der Waals surface area contributed by atoms with Crippen LogP contribution in [0.2, 0.25) is 0 Å². The number of nitrogens with zero attached hydrogens (tertiary/aromatic N) is 1. The number of rotatable bonds is 8. The number of hydrogen-bond donors (Lipinski definition) is 2. The molecule has 0 aromatic carbocycles. The number of allylic oxidation sites excluding steroid dienone is 6. The van der Waals surface area contributed by atoms with Crippen LogP contribution < -0.4 is 11.1 Å². The molecule has 0 saturated heterocycles. The molecule has 3 N–H and O–H groups in total. The summed E-state index contributed by atoms with van der Waals surface area (Å²) in [6.07, 6.45) is 16.8. The van der Waals surface area contributed by atoms with E-state index in [4.69, 9.17) is 0 Å². The van der Waals surface area contributed by atoms with Gasteiger partial charge in [-0.3, -0.25) is 5.59 Å². The molecule has 0 aromatic rings. The van der Waals surface area contributed by atoms with Gasteiger partial charge in [0.15, 0.2) is 0 Å². The van der Waals surface area contributed by atoms with Crippen LogP contribution in [-0.2, 0) is 0 Å². The van der Waals surface area contributed by atoms with Crippen LogP contribution in [0.4, 0.5) is 0 Å². The van der Waals surface area contributed by atoms with Crippen molar-refractivity contribution in [2.24, 2.45) is 5.10 Å². The van der Waals surface area contributed by atoms with Gasteiger partial charge >= 0.3 is 0 Å². The summed E-state index contributed by atoms with van der Waals surface area (Å²) in [6.45, 7) is 2.16. The highest BCUT2D eigenvalue weighted by atomic mass is 16.5. The predicted octanol–water partition coefficient (Wildman–Crippen LogP) is 1.40. The van der Waals surface area contributed by atoms with Crippen LogP contribution in [0.25, 0.3) is 0 Å². The van der Waals surface area contributed by atoms with E-state index in [2.05, 4.69) is 35.8 Å². The molecule has 0 fully saturated rings. The van der Waals surface area contributed by atoms with Crippen LogP contribution in [0.1, 0.15) is 26.2 Å². The average molecular weight is 209 g/mol. The minimum absolute atomic E-state index is 0.526. The molecule has 0 unspecified atom stereocenters. The number of hydrazone groups is 1. The van der Waals surface area contributed by atoms with Crippen LogP contribution in [0.3, 0.4) is 0 Å². The van der Waals surface area contributed by atoms with E-state index in [0.29, 0.717) is 5.59 Å². The SMILES string of the molecule is CCC/C=C/C/C=C/C=C/C=N/N[NH2+][O-]. The number of quaternary nitrogens is 1. The fraction of sp³-hybridized carbons (Fsp3) is 0.364. The molecule has 0 rings (SSSR count). The Kier molecular flexibility index (Phi) is 11.4. The van der Waals surface area contributed by atoms with Gasteiger partial charge in [-0.05, 0) is 18.9 Å². The molecule has 15 heavy (non-hydrogen) atoms. The van der Waals surface area contributed by atoms with E-state index in [9.17, 15) is 5.21 Å². The normalized spacial score (nSPS) is 12.7. The molecule has 0 aromatic heterocycles. The van der Waals surface area contributed by atoms with Gasteiger partial charge in [0.25, 0.3) is 0 Å². The smallest absolute Gasteiger partial charge is 0.0520 e. The molecular formula is C11H19N3O. The molecule has 0 atom stereocenters. The van der Waals surface area contributed by atoms with E-state index < -0.39 is 0 Å². The Labute approximate surface area is 91.0 Å². The molecule has 0 radical (unpaired) electrons. The van der Waals surface area contributed by atoms with Crippen LogP contribution in [0.15, 0.2) is 41.6 Å². The largest absolute Gasteiger partial charge is 0.608 e. The highest BCUT2D eigenvalue weighted by Gasteiger charge is 1.72. The number of nitrogens with one attached hydrogen (secondary N) is 1. The van der Waals surface area contributed by atoms with Crippen LogP contribution in [0, 0.1) is 5.21 Å². The van der Waals surface area contributed by atoms with Gasteiger partial charge in [-0.25, -0.2) is 0 Å². The molecule has 0 heterocycles. The van der Waals surface area contributed by atoms with Gasteiger partial charge in [0.1, 0.15) is 0 Å². The lowest BCUT2D eigenvalue weighted by Crippen LogP contribution is -2.85. The van der Waals surface area contributed by atoms with E-state index in [1.54, 1.807) is 6.08 Å². The van der Waals surface area contributed by atoms with E-state index in [0.717, 1.165) is 12.8 Å². The molecular weight excluding hydrogens is 190 g/mol. The van der Waals surface area contributed by atoms with E-state index in [1.807, 2.05) is 12.2 Å². The molecule has 0 aliphatic carbocycles. The quantitative estimate of drug-likeness (QED) is 0.209. The molecule has 4 nitrogen and oxygen atoms in total. The third-order valence-electron chi connectivity index (χ3n) is 1.54. The molecule has 0 amide bonds. The Bertz CT molecular complexity index is 232. The first-order valence-corrected chi connectivity index (χ1v) is 5.10. The Morgan fingerprint density at radius 2 is 2.07 bits per heavy atom. The third kappa shape index (κ3) is 12.6. The van der Waals surface area contributed by atoms with Gasteiger partial charge in [0.05, 0.1) is 6.21 Å². The number of hydrogen-bond acceptors (Lipinski definition) is 3. The summed E-state index contributed by atoms with van der Waals surface area (Å²) < 4.78 is 0. The lowest BCUT2D eigenvalue weighted by atomic mass is 10.2. The average Bonchev–Trinajstić information content (AvgIpc) is 2.26. The number of unbranched alkanes of at least 4 members (excludes halogenated alkanes) is 1. The number of nitrogens with two attached hydrogens (primary N) is 1. The van der Waals surface area contributed by atoms with Gasteiger partial charge < -0.3 is 5.21 Å². The summed E-state index contributed by atoms with van der Waals surface area (Å²) in [6, 6.07) is 0. The summed E-state index contributed by atoms with van der Waals surface area (Å²) in [5.74, 6) is 0. The van der Waals surface area contributed by atoms with Crippen molar-refractivity contribution in [3.63, 3.8) is 0 Å². The molecule has 4 heteroatoms. The zero-order chi connectivity index (χ0) is 11.2. The van der Waals surface area contributed by atoms with E-state index in [-0.39, 0.29) is 0 Å². The Hall–Kier alpha value is -1.39. The Morgan fingerprint density at radius 1 is 1.20 bits per heavy atom. The van der Waals surface area contributed by atoms with Gasteiger partial charge in [-0.1, -0.05) is 43.7 Å². The molecule has 0 aliphatic rings. The van der Waals surface area contributed by atoms with Crippen LogP contribution >= 0.6 is 0 Å². The van der Waals surface area contributed by atoms with Crippen molar-refractivity contribution in [1.82, 2.24) is 5.53 Å². The van der Waals surface area contributed by atoms with Crippen molar-refractivity contribution in [2.45, 2.75) is 26.2 Å². The second-order valence-electron chi connectivity index (χ2n) is 2.83. The maximum Gasteiger partial charge on any atom is 0.0520 e. The fourth-order valence-corrected chi connectivity index (χ4v) is 0.847. The molecule has 0 aliphatic heterocycles. The first kappa shape index (κ1) is 13.6. The van der Waals surface area contributed by atoms with Crippen molar-refractivity contribution in [3.8, 4) is 0 Å². The summed E-state index contributed by atoms with van der Waals surface area (Å²) >= 11 is 0. The predicted molar refractivity (Wildman–Crippen MR) is 63.9 cm³/mol. The van der Waals surface area contributed by atoms with Crippen LogP contribution in [-0.4, -0.2) is 6.21 Å². The minimum Gasteiger partial charge on any atom is -0.608 e. The minimum atomic E-state index is 0.526. The lowest BCUT2D eigenvalue weighted by Gasteiger charge is -1.94. The first-order chi connectivity index (χ1) is 7.41. The standard InChI is InChI=1S/C11H19N3O/c1-2-3-4-5-6-7-8-9-10-11-12-13-14-15/h4-5,7-11,13H,2-3,6,14H2,1H3/b5-4+,8-7+,10-9+,12-11+. The maximum absolute atomic E-state index is 9.79. The third-order valence-corrected chi connectivity index (χ3v) is 1.54. The Balaban J connectivity index is 3.44. The van der Waals surface area contributed by atoms with Gasteiger partial charge in [-0.15, -0.1) is 5.10 Å². The maximum atomic E-state index is 9.79. The lowest BCUT2D eigenvalue weighted by molar-refractivity contribution is -0.650. The van der Waals surface area contributed by atoms with Crippen LogP contribution in [0.5, 0.6) is 0 Å². The summed E-state index contributed by atoms with van der Waals surface area (Å²) in [4.78, 5) is 0. The monoisotopic (exact) mass is 209 g/mol. The zero-order valence-electron chi connectivity index (χ0n) is 9.10. The second-order valence-corrected chi connectivity index (χ2v) is 2.83. The summed E-state index contributed by atoms with van der Waals surface area (Å²) in [5, 5.41) is 13.4. The molecule has 0 saturated carbocycles. The van der Waals surface area contributed by atoms with Gasteiger partial charge in [0, 0.05) is 0 Å². The van der Waals surface area contributed by atoms with E-state index in [1.165, 1.54) is 12.6 Å². The first-order valence-electron chi connectivity index (χ1n) is 5.10. The summed E-state index contributed by atoms with van der Waals surface area (Å²) in [7, 11) is 0. The van der Waals surface area contributed by atoms with Crippen molar-refractivity contribution in [2.75, 3.05) is 0 Å². The van der Waals surface area contributed by atoms with Crippen molar-refractivity contribution >= 4 is 6.21 Å². The molecule has 0 bridgehead atoms. The molecule has 0 spiro atoms. The van der Waals surface area contributed by atoms with E-state index >= 15 is 0 Å². The highest BCUT2D eigenvalue weighted by molar-refractivity contribution is 5.71. The fourth-order valence-electron chi connectivity index (χ4n) is 0.847. The van der Waals surface area contributed by atoms with Crippen molar-refractivity contribution < 1.29 is 5.59 Å². The van der Waals surface area contributed by atoms with Crippen molar-refractivity contribution in [1.29, 1.82) is 0 Å². The van der Waals surface area contributed by atoms with Crippen molar-refractivity contribution in [3.05, 3.63) is 41.7 Å². The Morgan fingerprint density at radius 3 is 2.80 bits per heavy atom. The zero-order valence-corrected chi connectivity index (χ0v) is 9.10. The highest BCUT2D eigenvalue weighted by Crippen LogP contribution is 1.92. The molecule has 84 valence electrons. The van der Waals surface area contributed by atoms with Gasteiger partial charge in [0.2, 0.25) is 0 Å². The summed E-state index contributed by atoms with van der Waals surface area (Å²) in [5.41, 5.74) is 2.70. The second kappa shape index (κ2) is 12.6. The van der Waals surface area contributed by atoms with Gasteiger partial charge in [-0.2, -0.15) is 5.53 Å².